The minimum atomic E-state index is -0.919. The maximum atomic E-state index is 11.4. The quantitative estimate of drug-likeness (QED) is 0.814. The number of fused-ring (bicyclic) bond motifs is 1. The summed E-state index contributed by atoms with van der Waals surface area (Å²) >= 11 is 0. The fraction of sp³-hybridized carbons (Fsp3) is 0.438. The molecule has 0 amide bonds. The third-order valence-electron chi connectivity index (χ3n) is 3.87. The zero-order valence-corrected chi connectivity index (χ0v) is 12.4. The Morgan fingerprint density at radius 1 is 1.27 bits per heavy atom. The van der Waals surface area contributed by atoms with Crippen LogP contribution in [0.25, 0.3) is 11.0 Å². The van der Waals surface area contributed by atoms with E-state index in [0.29, 0.717) is 11.3 Å². The Hall–Kier alpha value is -1.89. The van der Waals surface area contributed by atoms with Crippen molar-refractivity contribution in [1.29, 1.82) is 0 Å². The van der Waals surface area contributed by atoms with E-state index in [2.05, 4.69) is 0 Å². The van der Waals surface area contributed by atoms with Crippen molar-refractivity contribution in [3.8, 4) is 5.75 Å². The van der Waals surface area contributed by atoms with E-state index in [1.54, 1.807) is 25.1 Å². The molecule has 1 aliphatic rings. The van der Waals surface area contributed by atoms with Crippen LogP contribution < -0.4 is 10.4 Å². The largest absolute Gasteiger partial charge is 0.465 e. The van der Waals surface area contributed by atoms with Gasteiger partial charge in [-0.1, -0.05) is 0 Å². The van der Waals surface area contributed by atoms with E-state index in [1.165, 1.54) is 6.07 Å². The summed E-state index contributed by atoms with van der Waals surface area (Å²) < 4.78 is 16.4. The Labute approximate surface area is 126 Å². The molecule has 1 aliphatic heterocycles. The lowest BCUT2D eigenvalue weighted by atomic mass is 10.0. The fourth-order valence-corrected chi connectivity index (χ4v) is 2.63. The van der Waals surface area contributed by atoms with Gasteiger partial charge in [0.1, 0.15) is 17.4 Å². The van der Waals surface area contributed by atoms with Gasteiger partial charge < -0.3 is 24.1 Å². The number of aliphatic hydroxyl groups excluding tert-OH is 2. The van der Waals surface area contributed by atoms with Crippen LogP contribution in [0.5, 0.6) is 5.75 Å². The summed E-state index contributed by atoms with van der Waals surface area (Å²) in [7, 11) is 0. The van der Waals surface area contributed by atoms with Crippen LogP contribution in [0.2, 0.25) is 0 Å². The molecule has 3 rings (SSSR count). The van der Waals surface area contributed by atoms with Gasteiger partial charge in [0.25, 0.3) is 0 Å². The number of aryl methyl sites for hydroxylation is 1. The van der Waals surface area contributed by atoms with Gasteiger partial charge in [0.15, 0.2) is 0 Å². The Morgan fingerprint density at radius 3 is 2.77 bits per heavy atom. The van der Waals surface area contributed by atoms with Crippen LogP contribution in [-0.2, 0) is 4.74 Å². The van der Waals surface area contributed by atoms with E-state index in [0.717, 1.165) is 10.9 Å². The van der Waals surface area contributed by atoms with Crippen LogP contribution in [-0.4, -0.2) is 34.8 Å². The molecule has 22 heavy (non-hydrogen) atoms. The topological polar surface area (TPSA) is 89.1 Å². The standard InChI is InChI=1S/C16H18O6/c1-8-5-14(18)22-13-6-10(3-4-11(8)13)21-15-7-12(17)16(19)9(2)20-15/h3-6,9,12,15-17,19H,7H2,1-2H3/t9-,12-,15-,16+/m0/s1. The molecule has 0 radical (unpaired) electrons. The minimum Gasteiger partial charge on any atom is -0.465 e. The minimum absolute atomic E-state index is 0.168. The highest BCUT2D eigenvalue weighted by Crippen LogP contribution is 2.26. The van der Waals surface area contributed by atoms with Crippen LogP contribution in [0, 0.1) is 6.92 Å². The molecule has 4 atom stereocenters. The lowest BCUT2D eigenvalue weighted by Gasteiger charge is -2.35. The molecule has 1 aromatic carbocycles. The first kappa shape index (κ1) is 15.0. The molecule has 6 nitrogen and oxygen atoms in total. The van der Waals surface area contributed by atoms with E-state index in [-0.39, 0.29) is 6.42 Å². The van der Waals surface area contributed by atoms with E-state index in [4.69, 9.17) is 13.9 Å². The summed E-state index contributed by atoms with van der Waals surface area (Å²) in [5, 5.41) is 20.3. The number of ether oxygens (including phenoxy) is 2. The zero-order chi connectivity index (χ0) is 15.9. The summed E-state index contributed by atoms with van der Waals surface area (Å²) in [5.41, 5.74) is 0.856. The van der Waals surface area contributed by atoms with Crippen LogP contribution in [0.1, 0.15) is 18.9 Å². The summed E-state index contributed by atoms with van der Waals surface area (Å²) in [4.78, 5) is 11.4. The Balaban J connectivity index is 1.84. The van der Waals surface area contributed by atoms with Gasteiger partial charge in [0, 0.05) is 23.9 Å². The van der Waals surface area contributed by atoms with Gasteiger partial charge in [-0.2, -0.15) is 0 Å². The summed E-state index contributed by atoms with van der Waals surface area (Å²) in [6.07, 6.45) is -2.83. The second kappa shape index (κ2) is 5.72. The average Bonchev–Trinajstić information content (AvgIpc) is 2.44. The van der Waals surface area contributed by atoms with Crippen molar-refractivity contribution in [3.05, 3.63) is 40.2 Å². The Bertz CT molecular complexity index is 725. The molecule has 118 valence electrons. The first-order valence-electron chi connectivity index (χ1n) is 7.17. The third-order valence-corrected chi connectivity index (χ3v) is 3.87. The molecule has 0 unspecified atom stereocenters. The monoisotopic (exact) mass is 306 g/mol. The molecular formula is C16H18O6. The van der Waals surface area contributed by atoms with Gasteiger partial charge in [0.2, 0.25) is 6.29 Å². The number of hydrogen-bond donors (Lipinski definition) is 2. The number of hydrogen-bond acceptors (Lipinski definition) is 6. The highest BCUT2D eigenvalue weighted by molar-refractivity contribution is 5.81. The molecule has 2 N–H and O–H groups in total. The second-order valence-corrected chi connectivity index (χ2v) is 5.59. The SMILES string of the molecule is Cc1cc(=O)oc2cc(O[C@H]3C[C@H](O)[C@H](O)[C@H](C)O3)ccc12. The van der Waals surface area contributed by atoms with E-state index in [1.807, 2.05) is 6.92 Å². The molecule has 2 aromatic rings. The lowest BCUT2D eigenvalue weighted by molar-refractivity contribution is -0.216. The van der Waals surface area contributed by atoms with Crippen molar-refractivity contribution in [3.63, 3.8) is 0 Å². The van der Waals surface area contributed by atoms with Crippen LogP contribution >= 0.6 is 0 Å². The molecule has 0 spiro atoms. The van der Waals surface area contributed by atoms with Gasteiger partial charge in [-0.05, 0) is 31.5 Å². The van der Waals surface area contributed by atoms with Gasteiger partial charge >= 0.3 is 5.63 Å². The number of benzene rings is 1. The highest BCUT2D eigenvalue weighted by Gasteiger charge is 2.35. The molecule has 0 bridgehead atoms. The van der Waals surface area contributed by atoms with Gasteiger partial charge in [-0.25, -0.2) is 4.79 Å². The third kappa shape index (κ3) is 2.85. The first-order chi connectivity index (χ1) is 10.4. The normalized spacial score (nSPS) is 28.7. The fourth-order valence-electron chi connectivity index (χ4n) is 2.63. The predicted molar refractivity (Wildman–Crippen MR) is 78.8 cm³/mol. The van der Waals surface area contributed by atoms with Crippen molar-refractivity contribution in [2.75, 3.05) is 0 Å². The lowest BCUT2D eigenvalue weighted by Crippen LogP contribution is -2.48. The van der Waals surface area contributed by atoms with Crippen molar-refractivity contribution in [1.82, 2.24) is 0 Å². The molecule has 0 aliphatic carbocycles. The van der Waals surface area contributed by atoms with E-state index < -0.39 is 30.2 Å². The van der Waals surface area contributed by atoms with E-state index >= 15 is 0 Å². The Kier molecular flexibility index (Phi) is 3.90. The van der Waals surface area contributed by atoms with Crippen LogP contribution in [0.4, 0.5) is 0 Å². The molecule has 2 heterocycles. The zero-order valence-electron chi connectivity index (χ0n) is 12.4. The average molecular weight is 306 g/mol. The number of rotatable bonds is 2. The summed E-state index contributed by atoms with van der Waals surface area (Å²) in [6, 6.07) is 6.61. The van der Waals surface area contributed by atoms with Crippen molar-refractivity contribution in [2.24, 2.45) is 0 Å². The molecule has 1 fully saturated rings. The predicted octanol–water partition coefficient (Wildman–Crippen LogP) is 1.34. The second-order valence-electron chi connectivity index (χ2n) is 5.59. The summed E-state index contributed by atoms with van der Waals surface area (Å²) in [6.45, 7) is 3.51. The van der Waals surface area contributed by atoms with Gasteiger partial charge in [0.05, 0.1) is 12.2 Å². The van der Waals surface area contributed by atoms with Crippen LogP contribution in [0.15, 0.2) is 33.5 Å². The summed E-state index contributed by atoms with van der Waals surface area (Å²) in [5.74, 6) is 0.474. The highest BCUT2D eigenvalue weighted by atomic mass is 16.7. The maximum Gasteiger partial charge on any atom is 0.336 e. The molecule has 0 saturated carbocycles. The smallest absolute Gasteiger partial charge is 0.336 e. The maximum absolute atomic E-state index is 11.4. The van der Waals surface area contributed by atoms with Crippen molar-refractivity contribution < 1.29 is 24.1 Å². The molecular weight excluding hydrogens is 288 g/mol. The van der Waals surface area contributed by atoms with E-state index in [9.17, 15) is 15.0 Å². The first-order valence-corrected chi connectivity index (χ1v) is 7.17. The van der Waals surface area contributed by atoms with Gasteiger partial charge in [-0.15, -0.1) is 0 Å². The molecule has 6 heteroatoms. The van der Waals surface area contributed by atoms with Gasteiger partial charge in [-0.3, -0.25) is 0 Å². The number of aliphatic hydroxyl groups is 2. The Morgan fingerprint density at radius 2 is 2.05 bits per heavy atom. The molecule has 1 aromatic heterocycles. The van der Waals surface area contributed by atoms with Crippen molar-refractivity contribution >= 4 is 11.0 Å². The van der Waals surface area contributed by atoms with Crippen molar-refractivity contribution in [2.45, 2.75) is 44.9 Å². The molecule has 1 saturated heterocycles. The van der Waals surface area contributed by atoms with Crippen LogP contribution in [0.3, 0.4) is 0 Å².